The van der Waals surface area contributed by atoms with Crippen LogP contribution in [0.3, 0.4) is 0 Å². The highest BCUT2D eigenvalue weighted by molar-refractivity contribution is 5.74. The van der Waals surface area contributed by atoms with Crippen molar-refractivity contribution in [1.82, 2.24) is 9.55 Å². The van der Waals surface area contributed by atoms with Gasteiger partial charge in [0.25, 0.3) is 5.56 Å². The quantitative estimate of drug-likeness (QED) is 0.354. The van der Waals surface area contributed by atoms with Crippen molar-refractivity contribution in [2.75, 3.05) is 5.32 Å². The van der Waals surface area contributed by atoms with Crippen LogP contribution in [0, 0.1) is 0 Å². The van der Waals surface area contributed by atoms with E-state index in [1.807, 2.05) is 109 Å². The molecule has 0 amide bonds. The summed E-state index contributed by atoms with van der Waals surface area (Å²) in [6.07, 6.45) is 0. The van der Waals surface area contributed by atoms with Gasteiger partial charge in [0.1, 0.15) is 18.1 Å². The summed E-state index contributed by atoms with van der Waals surface area (Å²) in [5, 5.41) is 3.35. The number of nitrogens with zero attached hydrogens (tertiary/aromatic N) is 2. The van der Waals surface area contributed by atoms with Crippen molar-refractivity contribution in [3.63, 3.8) is 0 Å². The highest BCUT2D eigenvalue weighted by Gasteiger charge is 2.12. The normalized spacial score (nSPS) is 10.8. The van der Waals surface area contributed by atoms with Crippen LogP contribution in [0.25, 0.3) is 11.0 Å². The molecule has 33 heavy (non-hydrogen) atoms. The zero-order chi connectivity index (χ0) is 22.5. The van der Waals surface area contributed by atoms with Crippen LogP contribution in [0.15, 0.2) is 114 Å². The number of aromatic nitrogens is 2. The minimum absolute atomic E-state index is 0.0905. The van der Waals surface area contributed by atoms with Gasteiger partial charge in [0, 0.05) is 17.4 Å². The van der Waals surface area contributed by atoms with E-state index in [2.05, 4.69) is 10.3 Å². The number of para-hydroxylation sites is 3. The lowest BCUT2D eigenvalue weighted by Gasteiger charge is -2.13. The number of anilines is 2. The number of benzene rings is 4. The molecule has 1 aromatic heterocycles. The van der Waals surface area contributed by atoms with Gasteiger partial charge in [0.15, 0.2) is 0 Å². The van der Waals surface area contributed by atoms with Crippen LogP contribution in [0.5, 0.6) is 5.75 Å². The van der Waals surface area contributed by atoms with Gasteiger partial charge < -0.3 is 14.6 Å². The van der Waals surface area contributed by atoms with Crippen LogP contribution in [0.4, 0.5) is 11.4 Å². The molecule has 5 rings (SSSR count). The number of nitrogens with one attached hydrogen (secondary N) is 1. The highest BCUT2D eigenvalue weighted by atomic mass is 16.5. The first-order valence-electron chi connectivity index (χ1n) is 10.8. The maximum Gasteiger partial charge on any atom is 0.276 e. The Balaban J connectivity index is 1.41. The molecule has 4 aromatic carbocycles. The lowest BCUT2D eigenvalue weighted by Crippen LogP contribution is -2.27. The second kappa shape index (κ2) is 9.40. The molecule has 5 heteroatoms. The number of hydrogen-bond acceptors (Lipinski definition) is 4. The van der Waals surface area contributed by atoms with E-state index in [0.29, 0.717) is 18.0 Å². The first kappa shape index (κ1) is 20.5. The van der Waals surface area contributed by atoms with Crippen molar-refractivity contribution >= 4 is 22.4 Å². The molecular weight excluding hydrogens is 410 g/mol. The molecule has 162 valence electrons. The Kier molecular flexibility index (Phi) is 5.85. The van der Waals surface area contributed by atoms with Crippen LogP contribution in [0.2, 0.25) is 0 Å². The Morgan fingerprint density at radius 3 is 2.27 bits per heavy atom. The molecule has 0 spiro atoms. The largest absolute Gasteiger partial charge is 0.487 e. The molecule has 5 nitrogen and oxygen atoms in total. The SMILES string of the molecule is O=c1c(COc2cccc(Nc3ccccc3)c2)nc2ccccc2n1Cc1ccccc1. The molecule has 0 aliphatic rings. The Labute approximate surface area is 191 Å². The fourth-order valence-electron chi connectivity index (χ4n) is 3.77. The van der Waals surface area contributed by atoms with E-state index in [1.165, 1.54) is 0 Å². The van der Waals surface area contributed by atoms with Gasteiger partial charge in [-0.15, -0.1) is 0 Å². The number of ether oxygens (including phenoxy) is 1. The van der Waals surface area contributed by atoms with Gasteiger partial charge >= 0.3 is 0 Å². The van der Waals surface area contributed by atoms with Gasteiger partial charge in [0.05, 0.1) is 17.6 Å². The van der Waals surface area contributed by atoms with E-state index in [-0.39, 0.29) is 12.2 Å². The fraction of sp³-hybridized carbons (Fsp3) is 0.0714. The average molecular weight is 434 g/mol. The van der Waals surface area contributed by atoms with E-state index < -0.39 is 0 Å². The topological polar surface area (TPSA) is 56.1 Å². The summed E-state index contributed by atoms with van der Waals surface area (Å²) in [5.74, 6) is 0.667. The van der Waals surface area contributed by atoms with Crippen LogP contribution < -0.4 is 15.6 Å². The van der Waals surface area contributed by atoms with Crippen molar-refractivity contribution in [1.29, 1.82) is 0 Å². The van der Waals surface area contributed by atoms with Crippen molar-refractivity contribution in [2.24, 2.45) is 0 Å². The Hall–Kier alpha value is -4.38. The minimum Gasteiger partial charge on any atom is -0.487 e. The molecule has 0 radical (unpaired) electrons. The smallest absolute Gasteiger partial charge is 0.276 e. The molecule has 0 aliphatic carbocycles. The van der Waals surface area contributed by atoms with E-state index in [0.717, 1.165) is 28.0 Å². The van der Waals surface area contributed by atoms with Crippen molar-refractivity contribution in [2.45, 2.75) is 13.2 Å². The third-order valence-electron chi connectivity index (χ3n) is 5.38. The maximum atomic E-state index is 13.3. The lowest BCUT2D eigenvalue weighted by molar-refractivity contribution is 0.299. The molecule has 0 unspecified atom stereocenters. The first-order chi connectivity index (χ1) is 16.3. The molecule has 1 N–H and O–H groups in total. The van der Waals surface area contributed by atoms with Gasteiger partial charge in [-0.3, -0.25) is 4.79 Å². The highest BCUT2D eigenvalue weighted by Crippen LogP contribution is 2.22. The molecule has 0 aliphatic heterocycles. The molecular formula is C28H23N3O2. The molecule has 5 aromatic rings. The predicted octanol–water partition coefficient (Wildman–Crippen LogP) is 5.77. The Morgan fingerprint density at radius 1 is 0.758 bits per heavy atom. The monoisotopic (exact) mass is 433 g/mol. The third-order valence-corrected chi connectivity index (χ3v) is 5.38. The van der Waals surface area contributed by atoms with Crippen molar-refractivity contribution in [3.05, 3.63) is 131 Å². The van der Waals surface area contributed by atoms with Crippen LogP contribution in [-0.2, 0) is 13.2 Å². The Morgan fingerprint density at radius 2 is 1.45 bits per heavy atom. The van der Waals surface area contributed by atoms with E-state index in [9.17, 15) is 4.79 Å². The number of fused-ring (bicyclic) bond motifs is 1. The molecule has 0 fully saturated rings. The van der Waals surface area contributed by atoms with Gasteiger partial charge in [-0.2, -0.15) is 0 Å². The van der Waals surface area contributed by atoms with Crippen molar-refractivity contribution in [3.8, 4) is 5.75 Å². The second-order valence-electron chi connectivity index (χ2n) is 7.73. The van der Waals surface area contributed by atoms with Gasteiger partial charge in [-0.25, -0.2) is 4.98 Å². The molecule has 0 saturated carbocycles. The van der Waals surface area contributed by atoms with Crippen LogP contribution in [-0.4, -0.2) is 9.55 Å². The summed E-state index contributed by atoms with van der Waals surface area (Å²) in [6, 6.07) is 35.3. The molecule has 1 heterocycles. The molecule has 0 bridgehead atoms. The van der Waals surface area contributed by atoms with Crippen LogP contribution >= 0.6 is 0 Å². The molecule has 0 saturated heterocycles. The minimum atomic E-state index is -0.142. The van der Waals surface area contributed by atoms with E-state index in [4.69, 9.17) is 4.74 Å². The second-order valence-corrected chi connectivity index (χ2v) is 7.73. The summed E-state index contributed by atoms with van der Waals surface area (Å²) in [7, 11) is 0. The lowest BCUT2D eigenvalue weighted by atomic mass is 10.2. The summed E-state index contributed by atoms with van der Waals surface area (Å²) in [5.41, 5.74) is 4.78. The summed E-state index contributed by atoms with van der Waals surface area (Å²) >= 11 is 0. The molecule has 0 atom stereocenters. The van der Waals surface area contributed by atoms with Gasteiger partial charge in [0.2, 0.25) is 0 Å². The summed E-state index contributed by atoms with van der Waals surface area (Å²) in [6.45, 7) is 0.569. The maximum absolute atomic E-state index is 13.3. The number of rotatable bonds is 7. The standard InChI is InChI=1S/C28H23N3O2/c32-28-26(20-33-24-15-9-14-23(18-24)29-22-12-5-2-6-13-22)30-25-16-7-8-17-27(25)31(28)19-21-10-3-1-4-11-21/h1-18,29H,19-20H2. The zero-order valence-corrected chi connectivity index (χ0v) is 18.0. The van der Waals surface area contributed by atoms with E-state index >= 15 is 0 Å². The van der Waals surface area contributed by atoms with E-state index in [1.54, 1.807) is 4.57 Å². The average Bonchev–Trinajstić information content (AvgIpc) is 2.86. The fourth-order valence-corrected chi connectivity index (χ4v) is 3.77. The van der Waals surface area contributed by atoms with Crippen molar-refractivity contribution < 1.29 is 4.74 Å². The van der Waals surface area contributed by atoms with Gasteiger partial charge in [-0.05, 0) is 42.0 Å². The third kappa shape index (κ3) is 4.77. The van der Waals surface area contributed by atoms with Crippen LogP contribution in [0.1, 0.15) is 11.3 Å². The Bertz CT molecular complexity index is 1430. The summed E-state index contributed by atoms with van der Waals surface area (Å²) in [4.78, 5) is 17.9. The zero-order valence-electron chi connectivity index (χ0n) is 18.0. The van der Waals surface area contributed by atoms with Gasteiger partial charge in [-0.1, -0.05) is 66.7 Å². The summed E-state index contributed by atoms with van der Waals surface area (Å²) < 4.78 is 7.76. The first-order valence-corrected chi connectivity index (χ1v) is 10.8. The number of hydrogen-bond donors (Lipinski definition) is 1. The predicted molar refractivity (Wildman–Crippen MR) is 132 cm³/mol.